The third-order valence-corrected chi connectivity index (χ3v) is 5.87. The zero-order chi connectivity index (χ0) is 14.0. The van der Waals surface area contributed by atoms with Crippen LogP contribution in [0.3, 0.4) is 0 Å². The van der Waals surface area contributed by atoms with Crippen molar-refractivity contribution < 1.29 is 9.47 Å². The SMILES string of the molecule is COCCNC1(c2nc3c(s2)CCCC3)CCOC1C. The average Bonchev–Trinajstić information content (AvgIpc) is 3.04. The van der Waals surface area contributed by atoms with E-state index in [4.69, 9.17) is 14.5 Å². The molecule has 2 unspecified atom stereocenters. The molecule has 1 aliphatic carbocycles. The van der Waals surface area contributed by atoms with Crippen LogP contribution in [-0.2, 0) is 27.9 Å². The van der Waals surface area contributed by atoms with Gasteiger partial charge in [0.25, 0.3) is 0 Å². The smallest absolute Gasteiger partial charge is 0.116 e. The Labute approximate surface area is 124 Å². The topological polar surface area (TPSA) is 43.4 Å². The third kappa shape index (κ3) is 2.52. The second-order valence-corrected chi connectivity index (χ2v) is 6.83. The maximum atomic E-state index is 5.85. The molecule has 0 spiro atoms. The highest BCUT2D eigenvalue weighted by Crippen LogP contribution is 2.40. The maximum Gasteiger partial charge on any atom is 0.116 e. The van der Waals surface area contributed by atoms with E-state index < -0.39 is 0 Å². The zero-order valence-corrected chi connectivity index (χ0v) is 13.2. The Morgan fingerprint density at radius 2 is 2.30 bits per heavy atom. The van der Waals surface area contributed by atoms with Gasteiger partial charge in [-0.15, -0.1) is 11.3 Å². The van der Waals surface area contributed by atoms with E-state index in [1.807, 2.05) is 11.3 Å². The molecule has 2 heterocycles. The zero-order valence-electron chi connectivity index (χ0n) is 12.4. The fourth-order valence-corrected chi connectivity index (χ4v) is 4.67. The summed E-state index contributed by atoms with van der Waals surface area (Å²) in [7, 11) is 1.74. The van der Waals surface area contributed by atoms with Crippen molar-refractivity contribution in [2.45, 2.75) is 50.7 Å². The number of nitrogens with zero attached hydrogens (tertiary/aromatic N) is 1. The molecule has 0 radical (unpaired) electrons. The van der Waals surface area contributed by atoms with E-state index in [1.54, 1.807) is 7.11 Å². The molecule has 2 aliphatic rings. The van der Waals surface area contributed by atoms with E-state index >= 15 is 0 Å². The van der Waals surface area contributed by atoms with E-state index in [0.717, 1.165) is 32.6 Å². The number of rotatable bonds is 5. The minimum absolute atomic E-state index is 0.111. The van der Waals surface area contributed by atoms with Gasteiger partial charge in [-0.3, -0.25) is 0 Å². The molecule has 1 N–H and O–H groups in total. The Morgan fingerprint density at radius 3 is 3.00 bits per heavy atom. The monoisotopic (exact) mass is 296 g/mol. The molecule has 0 saturated carbocycles. The number of aromatic nitrogens is 1. The van der Waals surface area contributed by atoms with Crippen LogP contribution in [0.1, 0.15) is 41.8 Å². The molecule has 1 saturated heterocycles. The number of ether oxygens (including phenoxy) is 2. The molecule has 1 aromatic rings. The summed E-state index contributed by atoms with van der Waals surface area (Å²) in [4.78, 5) is 6.47. The Balaban J connectivity index is 1.86. The number of fused-ring (bicyclic) bond motifs is 1. The first-order valence-electron chi connectivity index (χ1n) is 7.61. The summed E-state index contributed by atoms with van der Waals surface area (Å²) in [6.45, 7) is 4.53. The summed E-state index contributed by atoms with van der Waals surface area (Å²) in [6, 6.07) is 0. The lowest BCUT2D eigenvalue weighted by molar-refractivity contribution is 0.0775. The van der Waals surface area contributed by atoms with Gasteiger partial charge in [-0.05, 0) is 39.0 Å². The van der Waals surface area contributed by atoms with Crippen molar-refractivity contribution in [1.29, 1.82) is 0 Å². The summed E-state index contributed by atoms with van der Waals surface area (Å²) in [6.07, 6.45) is 6.12. The van der Waals surface area contributed by atoms with E-state index in [2.05, 4.69) is 12.2 Å². The van der Waals surface area contributed by atoms with Gasteiger partial charge in [-0.2, -0.15) is 0 Å². The predicted octanol–water partition coefficient (Wildman–Crippen LogP) is 2.26. The van der Waals surface area contributed by atoms with Gasteiger partial charge in [0.2, 0.25) is 0 Å². The number of aryl methyl sites for hydroxylation is 2. The fourth-order valence-electron chi connectivity index (χ4n) is 3.25. The molecule has 5 heteroatoms. The maximum absolute atomic E-state index is 5.85. The molecule has 0 amide bonds. The number of hydrogen-bond acceptors (Lipinski definition) is 5. The van der Waals surface area contributed by atoms with Crippen LogP contribution >= 0.6 is 11.3 Å². The molecular weight excluding hydrogens is 272 g/mol. The summed E-state index contributed by atoms with van der Waals surface area (Å²) in [5, 5.41) is 4.90. The first kappa shape index (κ1) is 14.4. The first-order chi connectivity index (χ1) is 9.76. The Bertz CT molecular complexity index is 439. The van der Waals surface area contributed by atoms with Gasteiger partial charge in [0, 0.05) is 25.1 Å². The lowest BCUT2D eigenvalue weighted by Gasteiger charge is -2.31. The molecule has 1 fully saturated rings. The number of hydrogen-bond donors (Lipinski definition) is 1. The minimum atomic E-state index is -0.111. The molecule has 1 aliphatic heterocycles. The number of nitrogens with one attached hydrogen (secondary N) is 1. The van der Waals surface area contributed by atoms with Crippen LogP contribution in [0, 0.1) is 0 Å². The second-order valence-electron chi connectivity index (χ2n) is 5.75. The Morgan fingerprint density at radius 1 is 1.45 bits per heavy atom. The van der Waals surface area contributed by atoms with Crippen molar-refractivity contribution in [2.24, 2.45) is 0 Å². The standard InChI is InChI=1S/C15H24N2O2S/c1-11-15(7-9-19-11,16-8-10-18-2)14-17-12-5-3-4-6-13(12)20-14/h11,16H,3-10H2,1-2H3. The van der Waals surface area contributed by atoms with Crippen molar-refractivity contribution >= 4 is 11.3 Å². The van der Waals surface area contributed by atoms with Crippen LogP contribution in [0.4, 0.5) is 0 Å². The molecule has 3 rings (SSSR count). The summed E-state index contributed by atoms with van der Waals surface area (Å²) in [5.41, 5.74) is 1.23. The fraction of sp³-hybridized carbons (Fsp3) is 0.800. The van der Waals surface area contributed by atoms with Crippen LogP contribution in [0.25, 0.3) is 0 Å². The van der Waals surface area contributed by atoms with Crippen molar-refractivity contribution in [3.05, 3.63) is 15.6 Å². The van der Waals surface area contributed by atoms with Crippen LogP contribution in [0.5, 0.6) is 0 Å². The highest BCUT2D eigenvalue weighted by atomic mass is 32.1. The van der Waals surface area contributed by atoms with E-state index in [1.165, 1.54) is 34.8 Å². The highest BCUT2D eigenvalue weighted by molar-refractivity contribution is 7.11. The normalized spacial score (nSPS) is 29.6. The molecule has 4 nitrogen and oxygen atoms in total. The predicted molar refractivity (Wildman–Crippen MR) is 80.3 cm³/mol. The lowest BCUT2D eigenvalue weighted by Crippen LogP contribution is -2.48. The second kappa shape index (κ2) is 6.10. The largest absolute Gasteiger partial charge is 0.383 e. The molecule has 2 atom stereocenters. The van der Waals surface area contributed by atoms with Gasteiger partial charge in [0.1, 0.15) is 5.01 Å². The molecule has 0 bridgehead atoms. The van der Waals surface area contributed by atoms with Gasteiger partial charge in [-0.1, -0.05) is 0 Å². The average molecular weight is 296 g/mol. The highest BCUT2D eigenvalue weighted by Gasteiger charge is 2.45. The minimum Gasteiger partial charge on any atom is -0.383 e. The third-order valence-electron chi connectivity index (χ3n) is 4.53. The van der Waals surface area contributed by atoms with Gasteiger partial charge >= 0.3 is 0 Å². The van der Waals surface area contributed by atoms with E-state index in [0.29, 0.717) is 0 Å². The number of methoxy groups -OCH3 is 1. The summed E-state index contributed by atoms with van der Waals surface area (Å²) in [5.74, 6) is 0. The van der Waals surface area contributed by atoms with Crippen LogP contribution in [0.15, 0.2) is 0 Å². The van der Waals surface area contributed by atoms with Crippen LogP contribution < -0.4 is 5.32 Å². The quantitative estimate of drug-likeness (QED) is 0.847. The Hall–Kier alpha value is -0.490. The van der Waals surface area contributed by atoms with Gasteiger partial charge in [0.15, 0.2) is 0 Å². The van der Waals surface area contributed by atoms with Gasteiger partial charge in [0.05, 0.1) is 23.9 Å². The van der Waals surface area contributed by atoms with E-state index in [-0.39, 0.29) is 11.6 Å². The molecule has 112 valence electrons. The van der Waals surface area contributed by atoms with E-state index in [9.17, 15) is 0 Å². The summed E-state index contributed by atoms with van der Waals surface area (Å²) >= 11 is 1.90. The molecule has 20 heavy (non-hydrogen) atoms. The Kier molecular flexibility index (Phi) is 4.40. The van der Waals surface area contributed by atoms with Gasteiger partial charge in [-0.25, -0.2) is 4.98 Å². The molecular formula is C15H24N2O2S. The molecule has 1 aromatic heterocycles. The van der Waals surface area contributed by atoms with Crippen molar-refractivity contribution in [2.75, 3.05) is 26.9 Å². The first-order valence-corrected chi connectivity index (χ1v) is 8.42. The summed E-state index contributed by atoms with van der Waals surface area (Å²) < 4.78 is 11.0. The lowest BCUT2D eigenvalue weighted by atomic mass is 9.92. The van der Waals surface area contributed by atoms with Crippen LogP contribution in [-0.4, -0.2) is 38.0 Å². The van der Waals surface area contributed by atoms with Crippen LogP contribution in [0.2, 0.25) is 0 Å². The van der Waals surface area contributed by atoms with Crippen molar-refractivity contribution in [1.82, 2.24) is 10.3 Å². The van der Waals surface area contributed by atoms with Crippen molar-refractivity contribution in [3.8, 4) is 0 Å². The van der Waals surface area contributed by atoms with Gasteiger partial charge < -0.3 is 14.8 Å². The van der Waals surface area contributed by atoms with Crippen molar-refractivity contribution in [3.63, 3.8) is 0 Å². The molecule has 0 aromatic carbocycles. The number of thiazole rings is 1.